The number of rotatable bonds is 0. The fraction of sp³-hybridized carbons (Fsp3) is 0.300. The van der Waals surface area contributed by atoms with E-state index < -0.39 is 0 Å². The van der Waals surface area contributed by atoms with Gasteiger partial charge in [0.2, 0.25) is 6.19 Å². The van der Waals surface area contributed by atoms with Crippen molar-refractivity contribution in [3.63, 3.8) is 0 Å². The van der Waals surface area contributed by atoms with Crippen molar-refractivity contribution in [2.45, 2.75) is 18.9 Å². The van der Waals surface area contributed by atoms with Crippen molar-refractivity contribution in [3.8, 4) is 6.19 Å². The van der Waals surface area contributed by atoms with Crippen molar-refractivity contribution in [1.82, 2.24) is 10.1 Å². The van der Waals surface area contributed by atoms with E-state index in [2.05, 4.69) is 17.6 Å². The maximum absolute atomic E-state index is 9.00. The molecule has 0 spiro atoms. The predicted molar refractivity (Wildman–Crippen MR) is 57.9 cm³/mol. The van der Waals surface area contributed by atoms with Gasteiger partial charge in [-0.3, -0.25) is 0 Å². The average Bonchev–Trinajstić information content (AvgIpc) is 2.79. The summed E-state index contributed by atoms with van der Waals surface area (Å²) in [5.41, 5.74) is 2.57. The van der Waals surface area contributed by atoms with Gasteiger partial charge in [-0.05, 0) is 29.9 Å². The second kappa shape index (κ2) is 2.99. The van der Waals surface area contributed by atoms with Crippen molar-refractivity contribution in [2.24, 2.45) is 5.84 Å². The van der Waals surface area contributed by atoms with Crippen LogP contribution in [0.25, 0.3) is 5.57 Å². The zero-order valence-electron chi connectivity index (χ0n) is 8.05. The highest BCUT2D eigenvalue weighted by Gasteiger charge is 2.36. The molecule has 0 fully saturated rings. The highest BCUT2D eigenvalue weighted by atomic mass is 32.1. The van der Waals surface area contributed by atoms with Crippen molar-refractivity contribution in [1.29, 1.82) is 5.26 Å². The van der Waals surface area contributed by atoms with E-state index in [4.69, 9.17) is 11.1 Å². The zero-order valence-corrected chi connectivity index (χ0v) is 8.87. The monoisotopic (exact) mass is 218 g/mol. The predicted octanol–water partition coefficient (Wildman–Crippen LogP) is 1.29. The summed E-state index contributed by atoms with van der Waals surface area (Å²) in [6.07, 6.45) is 5.99. The van der Waals surface area contributed by atoms with Gasteiger partial charge in [-0.2, -0.15) is 10.3 Å². The third-order valence-electron chi connectivity index (χ3n) is 2.97. The number of thiophene rings is 1. The summed E-state index contributed by atoms with van der Waals surface area (Å²) in [6, 6.07) is 2.30. The lowest BCUT2D eigenvalue weighted by atomic mass is 9.91. The van der Waals surface area contributed by atoms with Gasteiger partial charge in [-0.1, -0.05) is 0 Å². The maximum atomic E-state index is 9.00. The van der Waals surface area contributed by atoms with E-state index in [9.17, 15) is 0 Å². The molecule has 3 rings (SSSR count). The second-order valence-electron chi connectivity index (χ2n) is 3.74. The Bertz CT molecular complexity index is 470. The minimum atomic E-state index is 0.145. The first-order valence-corrected chi connectivity index (χ1v) is 5.70. The van der Waals surface area contributed by atoms with Crippen LogP contribution < -0.4 is 5.84 Å². The van der Waals surface area contributed by atoms with Crippen molar-refractivity contribution in [2.75, 3.05) is 0 Å². The van der Waals surface area contributed by atoms with Crippen LogP contribution in [0.15, 0.2) is 17.6 Å². The number of aryl methyl sites for hydroxylation is 1. The molecular weight excluding hydrogens is 208 g/mol. The van der Waals surface area contributed by atoms with Gasteiger partial charge in [-0.25, -0.2) is 11.0 Å². The summed E-state index contributed by atoms with van der Waals surface area (Å²) in [4.78, 5) is 1.29. The minimum Gasteiger partial charge on any atom is -0.228 e. The number of nitrogens with two attached hydrogens (primary N) is 1. The summed E-state index contributed by atoms with van der Waals surface area (Å²) in [6.45, 7) is 0. The fourth-order valence-electron chi connectivity index (χ4n) is 2.27. The van der Waals surface area contributed by atoms with Crippen LogP contribution in [0, 0.1) is 11.5 Å². The summed E-state index contributed by atoms with van der Waals surface area (Å²) in [5, 5.41) is 14.0. The largest absolute Gasteiger partial charge is 0.228 e. The first-order chi connectivity index (χ1) is 7.31. The van der Waals surface area contributed by atoms with Crippen LogP contribution in [0.1, 0.15) is 16.9 Å². The van der Waals surface area contributed by atoms with Crippen LogP contribution in [0.4, 0.5) is 0 Å². The lowest BCUT2D eigenvalue weighted by Crippen LogP contribution is -2.42. The molecule has 15 heavy (non-hydrogen) atoms. The molecule has 0 saturated carbocycles. The van der Waals surface area contributed by atoms with Crippen LogP contribution in [0.3, 0.4) is 0 Å². The Kier molecular flexibility index (Phi) is 1.75. The number of fused-ring (bicyclic) bond motifs is 3. The van der Waals surface area contributed by atoms with Crippen LogP contribution in [-0.4, -0.2) is 16.2 Å². The second-order valence-corrected chi connectivity index (χ2v) is 4.65. The van der Waals surface area contributed by atoms with Gasteiger partial charge in [0.25, 0.3) is 0 Å². The van der Waals surface area contributed by atoms with Crippen LogP contribution in [0.2, 0.25) is 0 Å². The number of hydrazine groups is 2. The molecule has 5 heteroatoms. The first-order valence-electron chi connectivity index (χ1n) is 4.82. The van der Waals surface area contributed by atoms with Crippen LogP contribution >= 0.6 is 11.3 Å². The molecule has 1 aromatic rings. The molecule has 1 atom stereocenters. The smallest absolute Gasteiger partial charge is 0.201 e. The Morgan fingerprint density at radius 2 is 2.47 bits per heavy atom. The van der Waals surface area contributed by atoms with Gasteiger partial charge in [0.1, 0.15) is 0 Å². The molecule has 1 unspecified atom stereocenters. The molecule has 2 aliphatic rings. The molecule has 2 heterocycles. The molecule has 0 aromatic carbocycles. The lowest BCUT2D eigenvalue weighted by molar-refractivity contribution is 0.0809. The summed E-state index contributed by atoms with van der Waals surface area (Å²) >= 11 is 1.73. The van der Waals surface area contributed by atoms with Crippen LogP contribution in [-0.2, 0) is 6.42 Å². The molecule has 1 aliphatic carbocycles. The maximum Gasteiger partial charge on any atom is 0.201 e. The zero-order chi connectivity index (χ0) is 10.4. The van der Waals surface area contributed by atoms with E-state index in [-0.39, 0.29) is 6.04 Å². The Labute approximate surface area is 91.8 Å². The molecular formula is C10H10N4S. The number of nitriles is 1. The van der Waals surface area contributed by atoms with E-state index in [1.54, 1.807) is 11.3 Å². The summed E-state index contributed by atoms with van der Waals surface area (Å²) < 4.78 is 0. The molecule has 4 nitrogen and oxygen atoms in total. The average molecular weight is 218 g/mol. The minimum absolute atomic E-state index is 0.145. The third kappa shape index (κ3) is 1.09. The van der Waals surface area contributed by atoms with Gasteiger partial charge in [-0.15, -0.1) is 11.3 Å². The SMILES string of the molecule is N#CN1C2CCc3ccsc3C2=CN1N. The molecule has 76 valence electrons. The van der Waals surface area contributed by atoms with Gasteiger partial charge >= 0.3 is 0 Å². The molecule has 0 radical (unpaired) electrons. The Morgan fingerprint density at radius 1 is 1.60 bits per heavy atom. The van der Waals surface area contributed by atoms with E-state index in [1.807, 2.05) is 6.20 Å². The first kappa shape index (κ1) is 8.77. The van der Waals surface area contributed by atoms with Gasteiger partial charge < -0.3 is 0 Å². The van der Waals surface area contributed by atoms with Crippen LogP contribution in [0.5, 0.6) is 0 Å². The highest BCUT2D eigenvalue weighted by Crippen LogP contribution is 2.40. The molecule has 0 amide bonds. The Hall–Kier alpha value is -1.51. The topological polar surface area (TPSA) is 56.3 Å². The molecule has 0 saturated heterocycles. The van der Waals surface area contributed by atoms with Crippen molar-refractivity contribution >= 4 is 16.9 Å². The van der Waals surface area contributed by atoms with Crippen molar-refractivity contribution in [3.05, 3.63) is 28.1 Å². The molecule has 1 aromatic heterocycles. The summed E-state index contributed by atoms with van der Waals surface area (Å²) in [7, 11) is 0. The molecule has 2 N–H and O–H groups in total. The van der Waals surface area contributed by atoms with E-state index in [0.29, 0.717) is 0 Å². The molecule has 1 aliphatic heterocycles. The standard InChI is InChI=1S/C10H10N4S/c11-6-13-9-2-1-7-3-4-15-10(7)8(9)5-14(13)12/h3-5,9H,1-2,12H2. The number of hydrogen-bond donors (Lipinski definition) is 1. The number of nitrogens with zero attached hydrogens (tertiary/aromatic N) is 3. The quantitative estimate of drug-likeness (QED) is 0.526. The van der Waals surface area contributed by atoms with E-state index in [1.165, 1.54) is 26.1 Å². The lowest BCUT2D eigenvalue weighted by Gasteiger charge is -2.27. The Morgan fingerprint density at radius 3 is 3.27 bits per heavy atom. The van der Waals surface area contributed by atoms with E-state index >= 15 is 0 Å². The summed E-state index contributed by atoms with van der Waals surface area (Å²) in [5.74, 6) is 5.74. The van der Waals surface area contributed by atoms with E-state index in [0.717, 1.165) is 12.8 Å². The highest BCUT2D eigenvalue weighted by molar-refractivity contribution is 7.11. The molecule has 0 bridgehead atoms. The Balaban J connectivity index is 2.08. The van der Waals surface area contributed by atoms with Crippen molar-refractivity contribution < 1.29 is 0 Å². The van der Waals surface area contributed by atoms with Gasteiger partial charge in [0.15, 0.2) is 0 Å². The van der Waals surface area contributed by atoms with Gasteiger partial charge in [0, 0.05) is 16.7 Å². The van der Waals surface area contributed by atoms with Gasteiger partial charge in [0.05, 0.1) is 6.04 Å². The number of hydrogen-bond acceptors (Lipinski definition) is 5. The fourth-order valence-corrected chi connectivity index (χ4v) is 3.29. The normalized spacial score (nSPS) is 23.2. The third-order valence-corrected chi connectivity index (χ3v) is 3.98.